The number of hydrogen-bond donors (Lipinski definition) is 1. The minimum absolute atomic E-state index is 0.0552. The smallest absolute Gasteiger partial charge is 0.0801 e. The molecule has 0 radical (unpaired) electrons. The molecule has 0 aliphatic heterocycles. The molecular weight excluding hydrogens is 184 g/mol. The lowest BCUT2D eigenvalue weighted by Gasteiger charge is -2.18. The molecule has 0 bridgehead atoms. The molecule has 70 valence electrons. The zero-order valence-electron chi connectivity index (χ0n) is 7.84. The third-order valence-corrected chi connectivity index (χ3v) is 3.04. The summed E-state index contributed by atoms with van der Waals surface area (Å²) in [5.74, 6) is 0. The Morgan fingerprint density at radius 3 is 2.85 bits per heavy atom. The van der Waals surface area contributed by atoms with Gasteiger partial charge in [-0.2, -0.15) is 0 Å². The first kappa shape index (κ1) is 9.04. The van der Waals surface area contributed by atoms with Crippen LogP contribution >= 0.6 is 11.6 Å². The Kier molecular flexibility index (Phi) is 1.90. The summed E-state index contributed by atoms with van der Waals surface area (Å²) in [5, 5.41) is 10.5. The van der Waals surface area contributed by atoms with E-state index in [1.165, 1.54) is 5.56 Å². The normalized spacial score (nSPS) is 24.5. The summed E-state index contributed by atoms with van der Waals surface area (Å²) in [7, 11) is 0. The van der Waals surface area contributed by atoms with E-state index in [4.69, 9.17) is 11.6 Å². The Balaban J connectivity index is 2.60. The summed E-state index contributed by atoms with van der Waals surface area (Å²) >= 11 is 5.92. The maximum Gasteiger partial charge on any atom is 0.0801 e. The maximum absolute atomic E-state index is 9.76. The summed E-state index contributed by atoms with van der Waals surface area (Å²) in [6.07, 6.45) is 0.477. The Hall–Kier alpha value is -0.530. The molecule has 1 unspecified atom stereocenters. The van der Waals surface area contributed by atoms with Crippen molar-refractivity contribution in [2.75, 3.05) is 0 Å². The van der Waals surface area contributed by atoms with E-state index in [2.05, 4.69) is 13.8 Å². The molecule has 0 saturated heterocycles. The van der Waals surface area contributed by atoms with E-state index in [0.717, 1.165) is 17.0 Å². The first-order chi connectivity index (χ1) is 6.00. The van der Waals surface area contributed by atoms with Crippen LogP contribution in [0.2, 0.25) is 5.02 Å². The average Bonchev–Trinajstić information content (AvgIpc) is 2.23. The molecule has 0 fully saturated rings. The number of hydrogen-bond acceptors (Lipinski definition) is 1. The summed E-state index contributed by atoms with van der Waals surface area (Å²) in [4.78, 5) is 0. The molecular formula is C11H13ClO. The lowest BCUT2D eigenvalue weighted by Crippen LogP contribution is -2.12. The highest BCUT2D eigenvalue weighted by Gasteiger charge is 2.35. The fourth-order valence-electron chi connectivity index (χ4n) is 2.11. The van der Waals surface area contributed by atoms with Crippen LogP contribution in [0.15, 0.2) is 18.2 Å². The van der Waals surface area contributed by atoms with Gasteiger partial charge in [-0.1, -0.05) is 31.5 Å². The van der Waals surface area contributed by atoms with Gasteiger partial charge >= 0.3 is 0 Å². The van der Waals surface area contributed by atoms with E-state index in [9.17, 15) is 5.11 Å². The predicted molar refractivity (Wildman–Crippen MR) is 54.1 cm³/mol. The van der Waals surface area contributed by atoms with Crippen LogP contribution in [-0.4, -0.2) is 5.11 Å². The van der Waals surface area contributed by atoms with Gasteiger partial charge in [0.05, 0.1) is 6.10 Å². The molecule has 1 aromatic rings. The molecule has 1 aliphatic carbocycles. The first-order valence-corrected chi connectivity index (χ1v) is 4.86. The van der Waals surface area contributed by atoms with Gasteiger partial charge in [-0.05, 0) is 35.1 Å². The number of rotatable bonds is 0. The highest BCUT2D eigenvalue weighted by molar-refractivity contribution is 6.30. The third kappa shape index (κ3) is 1.36. The standard InChI is InChI=1S/C11H13ClO/c1-11(2)6-10(13)8-4-3-7(12)5-9(8)11/h3-5,10,13H,6H2,1-2H3. The molecule has 0 heterocycles. The molecule has 13 heavy (non-hydrogen) atoms. The second-order valence-corrected chi connectivity index (χ2v) is 4.77. The van der Waals surface area contributed by atoms with Gasteiger partial charge in [0.25, 0.3) is 0 Å². The summed E-state index contributed by atoms with van der Waals surface area (Å²) < 4.78 is 0. The van der Waals surface area contributed by atoms with Crippen LogP contribution in [0.1, 0.15) is 37.5 Å². The lowest BCUT2D eigenvalue weighted by atomic mass is 9.87. The molecule has 0 aromatic heterocycles. The van der Waals surface area contributed by atoms with Crippen molar-refractivity contribution >= 4 is 11.6 Å². The number of benzene rings is 1. The van der Waals surface area contributed by atoms with Gasteiger partial charge < -0.3 is 5.11 Å². The van der Waals surface area contributed by atoms with Gasteiger partial charge in [0.1, 0.15) is 0 Å². The summed E-state index contributed by atoms with van der Waals surface area (Å²) in [6, 6.07) is 5.73. The van der Waals surface area contributed by atoms with Crippen molar-refractivity contribution in [3.8, 4) is 0 Å². The van der Waals surface area contributed by atoms with E-state index < -0.39 is 0 Å². The van der Waals surface area contributed by atoms with Crippen molar-refractivity contribution in [1.82, 2.24) is 0 Å². The topological polar surface area (TPSA) is 20.2 Å². The van der Waals surface area contributed by atoms with Crippen molar-refractivity contribution < 1.29 is 5.11 Å². The highest BCUT2D eigenvalue weighted by Crippen LogP contribution is 2.45. The Morgan fingerprint density at radius 1 is 1.46 bits per heavy atom. The molecule has 0 saturated carbocycles. The predicted octanol–water partition coefficient (Wildman–Crippen LogP) is 3.05. The van der Waals surface area contributed by atoms with E-state index in [1.54, 1.807) is 0 Å². The van der Waals surface area contributed by atoms with Gasteiger partial charge in [-0.25, -0.2) is 0 Å². The average molecular weight is 197 g/mol. The monoisotopic (exact) mass is 196 g/mol. The second kappa shape index (κ2) is 2.73. The number of fused-ring (bicyclic) bond motifs is 1. The van der Waals surface area contributed by atoms with Gasteiger partial charge in [0, 0.05) is 5.02 Å². The lowest BCUT2D eigenvalue weighted by molar-refractivity contribution is 0.161. The highest BCUT2D eigenvalue weighted by atomic mass is 35.5. The van der Waals surface area contributed by atoms with E-state index in [-0.39, 0.29) is 11.5 Å². The minimum atomic E-state index is -0.317. The van der Waals surface area contributed by atoms with Crippen LogP contribution in [0.3, 0.4) is 0 Å². The van der Waals surface area contributed by atoms with Gasteiger partial charge in [-0.15, -0.1) is 0 Å². The Bertz CT molecular complexity index is 344. The second-order valence-electron chi connectivity index (χ2n) is 4.34. The summed E-state index contributed by atoms with van der Waals surface area (Å²) in [5.41, 5.74) is 2.28. The van der Waals surface area contributed by atoms with E-state index in [0.29, 0.717) is 0 Å². The fraction of sp³-hybridized carbons (Fsp3) is 0.455. The number of aliphatic hydroxyl groups is 1. The van der Waals surface area contributed by atoms with Crippen molar-refractivity contribution in [3.63, 3.8) is 0 Å². The van der Waals surface area contributed by atoms with Crippen LogP contribution in [0.4, 0.5) is 0 Å². The van der Waals surface area contributed by atoms with Crippen LogP contribution in [-0.2, 0) is 5.41 Å². The first-order valence-electron chi connectivity index (χ1n) is 4.49. The zero-order valence-corrected chi connectivity index (χ0v) is 8.60. The maximum atomic E-state index is 9.76. The van der Waals surface area contributed by atoms with Gasteiger partial charge in [-0.3, -0.25) is 0 Å². The Morgan fingerprint density at radius 2 is 2.15 bits per heavy atom. The molecule has 1 nitrogen and oxygen atoms in total. The third-order valence-electron chi connectivity index (χ3n) is 2.81. The molecule has 1 aromatic carbocycles. The van der Waals surface area contributed by atoms with Crippen LogP contribution in [0.25, 0.3) is 0 Å². The van der Waals surface area contributed by atoms with Crippen LogP contribution < -0.4 is 0 Å². The minimum Gasteiger partial charge on any atom is -0.388 e. The SMILES string of the molecule is CC1(C)CC(O)c2ccc(Cl)cc21. The molecule has 0 spiro atoms. The molecule has 0 amide bonds. The Labute approximate surface area is 83.3 Å². The largest absolute Gasteiger partial charge is 0.388 e. The van der Waals surface area contributed by atoms with E-state index in [1.807, 2.05) is 18.2 Å². The van der Waals surface area contributed by atoms with Gasteiger partial charge in [0.2, 0.25) is 0 Å². The fourth-order valence-corrected chi connectivity index (χ4v) is 2.28. The molecule has 2 rings (SSSR count). The summed E-state index contributed by atoms with van der Waals surface area (Å²) in [6.45, 7) is 4.27. The van der Waals surface area contributed by atoms with Crippen molar-refractivity contribution in [2.45, 2.75) is 31.8 Å². The van der Waals surface area contributed by atoms with Crippen LogP contribution in [0.5, 0.6) is 0 Å². The van der Waals surface area contributed by atoms with Crippen molar-refractivity contribution in [1.29, 1.82) is 0 Å². The molecule has 1 N–H and O–H groups in total. The molecule has 2 heteroatoms. The molecule has 1 aliphatic rings. The number of aliphatic hydroxyl groups excluding tert-OH is 1. The van der Waals surface area contributed by atoms with E-state index >= 15 is 0 Å². The quantitative estimate of drug-likeness (QED) is 0.676. The number of halogens is 1. The zero-order chi connectivity index (χ0) is 9.64. The van der Waals surface area contributed by atoms with Crippen molar-refractivity contribution in [2.24, 2.45) is 0 Å². The van der Waals surface area contributed by atoms with Crippen molar-refractivity contribution in [3.05, 3.63) is 34.3 Å². The van der Waals surface area contributed by atoms with Crippen LogP contribution in [0, 0.1) is 0 Å². The van der Waals surface area contributed by atoms with Gasteiger partial charge in [0.15, 0.2) is 0 Å². The molecule has 1 atom stereocenters.